The Labute approximate surface area is 190 Å². The predicted molar refractivity (Wildman–Crippen MR) is 134 cm³/mol. The molecule has 33 heavy (non-hydrogen) atoms. The standard InChI is InChI=1S/C30H20O3/c31-26-16-14-19-8-4-6-12-22(19)24(26)18-25-29(32)28-23-13-7-5-9-20(23)15-17-27(28)33-30(25)21-10-2-1-3-11-21/h1-17,31H,18H2. The Morgan fingerprint density at radius 3 is 2.06 bits per heavy atom. The molecule has 0 fully saturated rings. The van der Waals surface area contributed by atoms with Gasteiger partial charge in [0, 0.05) is 23.1 Å². The first-order valence-corrected chi connectivity index (χ1v) is 10.9. The first-order chi connectivity index (χ1) is 16.2. The van der Waals surface area contributed by atoms with Crippen molar-refractivity contribution >= 4 is 32.5 Å². The van der Waals surface area contributed by atoms with Crippen molar-refractivity contribution in [1.82, 2.24) is 0 Å². The lowest BCUT2D eigenvalue weighted by molar-refractivity contribution is 0.470. The predicted octanol–water partition coefficient (Wildman–Crippen LogP) is 7.06. The first-order valence-electron chi connectivity index (χ1n) is 10.9. The first kappa shape index (κ1) is 19.3. The molecule has 158 valence electrons. The summed E-state index contributed by atoms with van der Waals surface area (Å²) in [5.74, 6) is 0.709. The van der Waals surface area contributed by atoms with Crippen LogP contribution in [0.5, 0.6) is 5.75 Å². The number of phenols is 1. The summed E-state index contributed by atoms with van der Waals surface area (Å²) >= 11 is 0. The van der Waals surface area contributed by atoms with Crippen molar-refractivity contribution in [2.45, 2.75) is 6.42 Å². The van der Waals surface area contributed by atoms with Gasteiger partial charge in [0.2, 0.25) is 0 Å². The number of hydrogen-bond acceptors (Lipinski definition) is 3. The summed E-state index contributed by atoms with van der Waals surface area (Å²) < 4.78 is 6.41. The van der Waals surface area contributed by atoms with Gasteiger partial charge in [0.25, 0.3) is 0 Å². The molecule has 0 saturated carbocycles. The third-order valence-electron chi connectivity index (χ3n) is 6.28. The summed E-state index contributed by atoms with van der Waals surface area (Å²) in [5.41, 5.74) is 2.58. The van der Waals surface area contributed by atoms with Crippen LogP contribution in [-0.4, -0.2) is 5.11 Å². The minimum Gasteiger partial charge on any atom is -0.508 e. The summed E-state index contributed by atoms with van der Waals surface area (Å²) in [5, 5.41) is 15.1. The van der Waals surface area contributed by atoms with Gasteiger partial charge >= 0.3 is 0 Å². The molecule has 0 amide bonds. The van der Waals surface area contributed by atoms with Crippen LogP contribution >= 0.6 is 0 Å². The molecular weight excluding hydrogens is 408 g/mol. The van der Waals surface area contributed by atoms with Gasteiger partial charge in [-0.3, -0.25) is 4.79 Å². The van der Waals surface area contributed by atoms with Crippen molar-refractivity contribution in [3.63, 3.8) is 0 Å². The molecule has 0 bridgehead atoms. The zero-order valence-electron chi connectivity index (χ0n) is 17.8. The zero-order valence-corrected chi connectivity index (χ0v) is 17.8. The molecule has 6 aromatic rings. The highest BCUT2D eigenvalue weighted by molar-refractivity contribution is 6.06. The molecule has 1 heterocycles. The Kier molecular flexibility index (Phi) is 4.48. The molecule has 1 aromatic heterocycles. The van der Waals surface area contributed by atoms with Crippen LogP contribution in [0, 0.1) is 0 Å². The van der Waals surface area contributed by atoms with E-state index in [9.17, 15) is 9.90 Å². The van der Waals surface area contributed by atoms with Gasteiger partial charge in [0.1, 0.15) is 17.1 Å². The molecule has 5 aromatic carbocycles. The fourth-order valence-corrected chi connectivity index (χ4v) is 4.67. The van der Waals surface area contributed by atoms with Crippen molar-refractivity contribution in [3.8, 4) is 17.1 Å². The van der Waals surface area contributed by atoms with Crippen molar-refractivity contribution < 1.29 is 9.52 Å². The molecule has 0 aliphatic carbocycles. The van der Waals surface area contributed by atoms with E-state index in [1.807, 2.05) is 97.1 Å². The van der Waals surface area contributed by atoms with Crippen molar-refractivity contribution in [2.75, 3.05) is 0 Å². The van der Waals surface area contributed by atoms with E-state index in [1.54, 1.807) is 6.07 Å². The van der Waals surface area contributed by atoms with E-state index in [4.69, 9.17) is 4.42 Å². The maximum absolute atomic E-state index is 14.0. The van der Waals surface area contributed by atoms with Crippen LogP contribution in [0.15, 0.2) is 112 Å². The van der Waals surface area contributed by atoms with Crippen LogP contribution in [0.25, 0.3) is 43.8 Å². The fourth-order valence-electron chi connectivity index (χ4n) is 4.67. The van der Waals surface area contributed by atoms with Crippen LogP contribution in [0.4, 0.5) is 0 Å². The summed E-state index contributed by atoms with van der Waals surface area (Å²) in [6.07, 6.45) is 0.263. The summed E-state index contributed by atoms with van der Waals surface area (Å²) in [6, 6.07) is 32.8. The number of hydrogen-bond donors (Lipinski definition) is 1. The smallest absolute Gasteiger partial charge is 0.197 e. The van der Waals surface area contributed by atoms with Crippen LogP contribution in [0.1, 0.15) is 11.1 Å². The Hall–Kier alpha value is -4.37. The number of phenolic OH excluding ortho intramolecular Hbond substituents is 1. The molecule has 6 rings (SSSR count). The van der Waals surface area contributed by atoms with E-state index in [-0.39, 0.29) is 17.6 Å². The molecule has 0 spiro atoms. The van der Waals surface area contributed by atoms with E-state index >= 15 is 0 Å². The van der Waals surface area contributed by atoms with E-state index in [0.717, 1.165) is 32.7 Å². The van der Waals surface area contributed by atoms with Gasteiger partial charge < -0.3 is 9.52 Å². The minimum atomic E-state index is -0.0702. The highest BCUT2D eigenvalue weighted by atomic mass is 16.3. The van der Waals surface area contributed by atoms with Gasteiger partial charge in [-0.25, -0.2) is 0 Å². The third kappa shape index (κ3) is 3.17. The Morgan fingerprint density at radius 2 is 1.27 bits per heavy atom. The zero-order chi connectivity index (χ0) is 22.4. The maximum atomic E-state index is 14.0. The summed E-state index contributed by atoms with van der Waals surface area (Å²) in [7, 11) is 0. The Bertz CT molecular complexity index is 1710. The molecule has 0 saturated heterocycles. The topological polar surface area (TPSA) is 50.4 Å². The summed E-state index contributed by atoms with van der Waals surface area (Å²) in [6.45, 7) is 0. The van der Waals surface area contributed by atoms with Gasteiger partial charge in [0.05, 0.1) is 5.39 Å². The maximum Gasteiger partial charge on any atom is 0.197 e. The lowest BCUT2D eigenvalue weighted by atomic mass is 9.93. The van der Waals surface area contributed by atoms with Crippen molar-refractivity contribution in [1.29, 1.82) is 0 Å². The molecule has 0 unspecified atom stereocenters. The average Bonchev–Trinajstić information content (AvgIpc) is 2.87. The molecule has 0 radical (unpaired) electrons. The second kappa shape index (κ2) is 7.64. The second-order valence-corrected chi connectivity index (χ2v) is 8.23. The lowest BCUT2D eigenvalue weighted by Gasteiger charge is -2.14. The largest absolute Gasteiger partial charge is 0.508 e. The quantitative estimate of drug-likeness (QED) is 0.307. The van der Waals surface area contributed by atoms with Gasteiger partial charge in [-0.1, -0.05) is 91.0 Å². The SMILES string of the molecule is O=c1c(Cc2c(O)ccc3ccccc23)c(-c2ccccc2)oc2ccc3ccccc3c12. The second-order valence-electron chi connectivity index (χ2n) is 8.23. The number of aromatic hydroxyl groups is 1. The molecule has 3 nitrogen and oxygen atoms in total. The highest BCUT2D eigenvalue weighted by Gasteiger charge is 2.20. The van der Waals surface area contributed by atoms with Gasteiger partial charge in [-0.2, -0.15) is 0 Å². The molecule has 1 N–H and O–H groups in total. The lowest BCUT2D eigenvalue weighted by Crippen LogP contribution is -2.12. The molecular formula is C30H20O3. The molecule has 3 heteroatoms. The van der Waals surface area contributed by atoms with E-state index < -0.39 is 0 Å². The van der Waals surface area contributed by atoms with Crippen molar-refractivity contribution in [2.24, 2.45) is 0 Å². The van der Waals surface area contributed by atoms with E-state index in [0.29, 0.717) is 22.3 Å². The Balaban J connectivity index is 1.70. The number of fused-ring (bicyclic) bond motifs is 4. The van der Waals surface area contributed by atoms with Crippen molar-refractivity contribution in [3.05, 3.63) is 124 Å². The van der Waals surface area contributed by atoms with E-state index in [1.165, 1.54) is 0 Å². The third-order valence-corrected chi connectivity index (χ3v) is 6.28. The average molecular weight is 428 g/mol. The summed E-state index contributed by atoms with van der Waals surface area (Å²) in [4.78, 5) is 14.0. The fraction of sp³-hybridized carbons (Fsp3) is 0.0333. The monoisotopic (exact) mass is 428 g/mol. The van der Waals surface area contributed by atoms with Crippen LogP contribution in [0.2, 0.25) is 0 Å². The molecule has 0 aliphatic rings. The van der Waals surface area contributed by atoms with Crippen LogP contribution < -0.4 is 5.43 Å². The Morgan fingerprint density at radius 1 is 0.636 bits per heavy atom. The number of benzene rings is 5. The van der Waals surface area contributed by atoms with Gasteiger partial charge in [0.15, 0.2) is 5.43 Å². The van der Waals surface area contributed by atoms with Gasteiger partial charge in [-0.05, 0) is 33.7 Å². The molecule has 0 atom stereocenters. The highest BCUT2D eigenvalue weighted by Crippen LogP contribution is 2.34. The van der Waals surface area contributed by atoms with Crippen LogP contribution in [0.3, 0.4) is 0 Å². The molecule has 0 aliphatic heterocycles. The normalized spacial score (nSPS) is 11.4. The van der Waals surface area contributed by atoms with E-state index in [2.05, 4.69) is 0 Å². The van der Waals surface area contributed by atoms with Gasteiger partial charge in [-0.15, -0.1) is 0 Å². The minimum absolute atomic E-state index is 0.0702. The van der Waals surface area contributed by atoms with Crippen LogP contribution in [-0.2, 0) is 6.42 Å². The number of rotatable bonds is 3.